The van der Waals surface area contributed by atoms with Gasteiger partial charge in [0.25, 0.3) is 0 Å². The zero-order valence-corrected chi connectivity index (χ0v) is 16.6. The van der Waals surface area contributed by atoms with E-state index in [1.165, 1.54) is 4.90 Å². The molecule has 1 fully saturated rings. The SMILES string of the molecule is CCNC(=NCc1ccccn1)NCC1CCN(CC(F)(F)F)C1.I. The van der Waals surface area contributed by atoms with Gasteiger partial charge in [0.15, 0.2) is 5.96 Å². The molecule has 1 unspecified atom stereocenters. The quantitative estimate of drug-likeness (QED) is 0.381. The van der Waals surface area contributed by atoms with Crippen molar-refractivity contribution >= 4 is 29.9 Å². The van der Waals surface area contributed by atoms with E-state index in [4.69, 9.17) is 0 Å². The number of aromatic nitrogens is 1. The molecular weight excluding hydrogens is 446 g/mol. The van der Waals surface area contributed by atoms with Crippen LogP contribution in [-0.2, 0) is 6.54 Å². The molecule has 0 aromatic carbocycles. The van der Waals surface area contributed by atoms with E-state index < -0.39 is 12.7 Å². The average Bonchev–Trinajstić information content (AvgIpc) is 2.96. The molecule has 2 heterocycles. The summed E-state index contributed by atoms with van der Waals surface area (Å²) in [6, 6.07) is 5.66. The second-order valence-electron chi connectivity index (χ2n) is 5.90. The highest BCUT2D eigenvalue weighted by Gasteiger charge is 2.34. The van der Waals surface area contributed by atoms with E-state index >= 15 is 0 Å². The van der Waals surface area contributed by atoms with E-state index in [0.717, 1.165) is 18.7 Å². The first-order valence-electron chi connectivity index (χ1n) is 8.17. The van der Waals surface area contributed by atoms with Crippen molar-refractivity contribution in [3.8, 4) is 0 Å². The molecule has 9 heteroatoms. The lowest BCUT2D eigenvalue weighted by Gasteiger charge is -2.18. The first-order valence-corrected chi connectivity index (χ1v) is 8.17. The van der Waals surface area contributed by atoms with Crippen LogP contribution in [0.5, 0.6) is 0 Å². The number of rotatable bonds is 6. The van der Waals surface area contributed by atoms with Gasteiger partial charge in [-0.1, -0.05) is 6.07 Å². The normalized spacial score (nSPS) is 18.7. The summed E-state index contributed by atoms with van der Waals surface area (Å²) in [5, 5.41) is 6.36. The minimum atomic E-state index is -4.12. The third kappa shape index (κ3) is 8.70. The number of hydrogen-bond acceptors (Lipinski definition) is 3. The molecule has 1 aromatic rings. The number of nitrogens with one attached hydrogen (secondary N) is 2. The fourth-order valence-electron chi connectivity index (χ4n) is 2.71. The van der Waals surface area contributed by atoms with Gasteiger partial charge in [-0.2, -0.15) is 13.2 Å². The van der Waals surface area contributed by atoms with Crippen LogP contribution in [0.2, 0.25) is 0 Å². The smallest absolute Gasteiger partial charge is 0.357 e. The summed E-state index contributed by atoms with van der Waals surface area (Å²) in [6.07, 6.45) is -1.64. The van der Waals surface area contributed by atoms with Crippen LogP contribution in [0.15, 0.2) is 29.4 Å². The maximum atomic E-state index is 12.4. The molecule has 2 rings (SSSR count). The van der Waals surface area contributed by atoms with E-state index in [2.05, 4.69) is 20.6 Å². The van der Waals surface area contributed by atoms with Crippen LogP contribution in [0, 0.1) is 5.92 Å². The summed E-state index contributed by atoms with van der Waals surface area (Å²) in [5.41, 5.74) is 0.868. The van der Waals surface area contributed by atoms with Gasteiger partial charge in [0.2, 0.25) is 0 Å². The lowest BCUT2D eigenvalue weighted by molar-refractivity contribution is -0.143. The van der Waals surface area contributed by atoms with Crippen molar-refractivity contribution in [2.24, 2.45) is 10.9 Å². The number of halogens is 4. The summed E-state index contributed by atoms with van der Waals surface area (Å²) in [5.74, 6) is 0.864. The highest BCUT2D eigenvalue weighted by molar-refractivity contribution is 14.0. The topological polar surface area (TPSA) is 52.6 Å². The maximum Gasteiger partial charge on any atom is 0.401 e. The fraction of sp³-hybridized carbons (Fsp3) is 0.625. The molecule has 0 radical (unpaired) electrons. The van der Waals surface area contributed by atoms with Crippen LogP contribution in [0.4, 0.5) is 13.2 Å². The van der Waals surface area contributed by atoms with Gasteiger partial charge >= 0.3 is 6.18 Å². The number of guanidine groups is 1. The Morgan fingerprint density at radius 1 is 1.36 bits per heavy atom. The van der Waals surface area contributed by atoms with Gasteiger partial charge in [-0.05, 0) is 37.9 Å². The number of hydrogen-bond donors (Lipinski definition) is 2. The molecular formula is C16H25F3IN5. The standard InChI is InChI=1S/C16H24F3N5.HI/c1-2-20-15(23-10-14-5-3-4-7-21-14)22-9-13-6-8-24(11-13)12-16(17,18)19;/h3-5,7,13H,2,6,8-12H2,1H3,(H2,20,22,23);1H. The van der Waals surface area contributed by atoms with Crippen LogP contribution < -0.4 is 10.6 Å². The van der Waals surface area contributed by atoms with E-state index in [-0.39, 0.29) is 29.9 Å². The van der Waals surface area contributed by atoms with Crippen LogP contribution in [0.1, 0.15) is 19.0 Å². The van der Waals surface area contributed by atoms with Crippen LogP contribution in [-0.4, -0.2) is 54.7 Å². The Kier molecular flexibility index (Phi) is 9.47. The number of alkyl halides is 3. The van der Waals surface area contributed by atoms with Crippen molar-refractivity contribution in [3.05, 3.63) is 30.1 Å². The first-order chi connectivity index (χ1) is 11.5. The molecule has 1 saturated heterocycles. The molecule has 25 heavy (non-hydrogen) atoms. The predicted octanol–water partition coefficient (Wildman–Crippen LogP) is 2.64. The Balaban J connectivity index is 0.00000312. The predicted molar refractivity (Wildman–Crippen MR) is 103 cm³/mol. The monoisotopic (exact) mass is 471 g/mol. The Hall–Kier alpha value is -1.10. The lowest BCUT2D eigenvalue weighted by Crippen LogP contribution is -2.40. The third-order valence-corrected chi connectivity index (χ3v) is 3.80. The molecule has 0 amide bonds. The molecule has 1 aliphatic heterocycles. The minimum absolute atomic E-state index is 0. The lowest BCUT2D eigenvalue weighted by atomic mass is 10.1. The number of pyridine rings is 1. The summed E-state index contributed by atoms with van der Waals surface area (Å²) in [4.78, 5) is 10.1. The molecule has 1 aromatic heterocycles. The molecule has 5 nitrogen and oxygen atoms in total. The average molecular weight is 471 g/mol. The van der Waals surface area contributed by atoms with E-state index in [1.54, 1.807) is 6.20 Å². The van der Waals surface area contributed by atoms with Gasteiger partial charge in [0.05, 0.1) is 18.8 Å². The van der Waals surface area contributed by atoms with E-state index in [9.17, 15) is 13.2 Å². The van der Waals surface area contributed by atoms with Crippen LogP contribution in [0.3, 0.4) is 0 Å². The van der Waals surface area contributed by atoms with Crippen molar-refractivity contribution in [3.63, 3.8) is 0 Å². The molecule has 0 spiro atoms. The van der Waals surface area contributed by atoms with Gasteiger partial charge in [0.1, 0.15) is 0 Å². The molecule has 1 aliphatic rings. The highest BCUT2D eigenvalue weighted by Crippen LogP contribution is 2.22. The zero-order chi connectivity index (χ0) is 17.4. The number of likely N-dealkylation sites (tertiary alicyclic amines) is 1. The maximum absolute atomic E-state index is 12.4. The van der Waals surface area contributed by atoms with Crippen molar-refractivity contribution in [1.82, 2.24) is 20.5 Å². The summed E-state index contributed by atoms with van der Waals surface area (Å²) >= 11 is 0. The minimum Gasteiger partial charge on any atom is -0.357 e. The van der Waals surface area contributed by atoms with Crippen molar-refractivity contribution in [2.45, 2.75) is 26.1 Å². The molecule has 0 saturated carbocycles. The van der Waals surface area contributed by atoms with Crippen molar-refractivity contribution < 1.29 is 13.2 Å². The summed E-state index contributed by atoms with van der Waals surface area (Å²) in [7, 11) is 0. The highest BCUT2D eigenvalue weighted by atomic mass is 127. The molecule has 0 aliphatic carbocycles. The summed E-state index contributed by atoms with van der Waals surface area (Å²) in [6.45, 7) is 3.90. The first kappa shape index (κ1) is 21.9. The molecule has 0 bridgehead atoms. The number of nitrogens with zero attached hydrogens (tertiary/aromatic N) is 3. The zero-order valence-electron chi connectivity index (χ0n) is 14.2. The van der Waals surface area contributed by atoms with Gasteiger partial charge in [-0.3, -0.25) is 9.88 Å². The van der Waals surface area contributed by atoms with Crippen molar-refractivity contribution in [1.29, 1.82) is 0 Å². The molecule has 2 N–H and O–H groups in total. The molecule has 142 valence electrons. The van der Waals surface area contributed by atoms with Gasteiger partial charge < -0.3 is 10.6 Å². The Morgan fingerprint density at radius 2 is 2.16 bits per heavy atom. The largest absolute Gasteiger partial charge is 0.401 e. The Labute approximate surface area is 163 Å². The second-order valence-corrected chi connectivity index (χ2v) is 5.90. The van der Waals surface area contributed by atoms with E-state index in [1.807, 2.05) is 25.1 Å². The summed E-state index contributed by atoms with van der Waals surface area (Å²) < 4.78 is 37.3. The fourth-order valence-corrected chi connectivity index (χ4v) is 2.71. The van der Waals surface area contributed by atoms with Crippen molar-refractivity contribution in [2.75, 3.05) is 32.7 Å². The van der Waals surface area contributed by atoms with Gasteiger partial charge in [-0.25, -0.2) is 4.99 Å². The second kappa shape index (κ2) is 10.8. The molecule has 1 atom stereocenters. The van der Waals surface area contributed by atoms with Gasteiger partial charge in [0, 0.05) is 25.8 Å². The Morgan fingerprint density at radius 3 is 2.80 bits per heavy atom. The van der Waals surface area contributed by atoms with Crippen LogP contribution >= 0.6 is 24.0 Å². The number of aliphatic imine (C=N–C) groups is 1. The third-order valence-electron chi connectivity index (χ3n) is 3.80. The van der Waals surface area contributed by atoms with Gasteiger partial charge in [-0.15, -0.1) is 24.0 Å². The van der Waals surface area contributed by atoms with Crippen LogP contribution in [0.25, 0.3) is 0 Å². The van der Waals surface area contributed by atoms with E-state index in [0.29, 0.717) is 32.1 Å². The Bertz CT molecular complexity index is 524.